The minimum absolute atomic E-state index is 0.00843. The topological polar surface area (TPSA) is 83.5 Å². The van der Waals surface area contributed by atoms with Gasteiger partial charge in [-0.1, -0.05) is 49.8 Å². The van der Waals surface area contributed by atoms with Crippen LogP contribution in [0.3, 0.4) is 0 Å². The van der Waals surface area contributed by atoms with E-state index in [1.54, 1.807) is 0 Å². The highest BCUT2D eigenvalue weighted by Crippen LogP contribution is 2.56. The lowest BCUT2D eigenvalue weighted by molar-refractivity contribution is -0.270. The van der Waals surface area contributed by atoms with Crippen LogP contribution in [0.1, 0.15) is 96.9 Å². The highest BCUT2D eigenvalue weighted by atomic mass is 16.5. The van der Waals surface area contributed by atoms with E-state index < -0.39 is 17.1 Å². The first-order valence-electron chi connectivity index (χ1n) is 10.8. The van der Waals surface area contributed by atoms with Crippen LogP contribution in [0, 0.1) is 17.3 Å². The molecule has 3 rings (SSSR count). The van der Waals surface area contributed by atoms with E-state index in [-0.39, 0.29) is 45.8 Å². The van der Waals surface area contributed by atoms with Crippen molar-refractivity contribution in [3.8, 4) is 11.5 Å². The number of fused-ring (bicyclic) bond motifs is 2. The van der Waals surface area contributed by atoms with Gasteiger partial charge in [0.2, 0.25) is 0 Å². The Bertz CT molecular complexity index is 1020. The number of Topliss-reactive ketones (excluding diaryl/α,β-unsaturated/α-hetero) is 2. The Morgan fingerprint density at radius 3 is 2.45 bits per heavy atom. The molecule has 0 amide bonds. The van der Waals surface area contributed by atoms with Crippen molar-refractivity contribution in [2.24, 2.45) is 17.3 Å². The van der Waals surface area contributed by atoms with Crippen molar-refractivity contribution in [3.63, 3.8) is 0 Å². The zero-order valence-corrected chi connectivity index (χ0v) is 19.4. The van der Waals surface area contributed by atoms with Crippen molar-refractivity contribution in [3.05, 3.63) is 45.6 Å². The molecular weight excluding hydrogens is 392 g/mol. The first-order valence-corrected chi connectivity index (χ1v) is 10.8. The molecule has 31 heavy (non-hydrogen) atoms. The normalized spacial score (nSPS) is 25.0. The average Bonchev–Trinajstić information content (AvgIpc) is 2.70. The zero-order chi connectivity index (χ0) is 23.2. The Morgan fingerprint density at radius 2 is 1.94 bits per heavy atom. The summed E-state index contributed by atoms with van der Waals surface area (Å²) >= 11 is 0. The number of aldehydes is 1. The van der Waals surface area contributed by atoms with Gasteiger partial charge in [0, 0.05) is 33.6 Å². The van der Waals surface area contributed by atoms with Crippen molar-refractivity contribution in [1.29, 1.82) is 0 Å². The SMILES string of the molecule is COc1c([O-])c(C=O)c2c(c1C(C)C)C(=O)C1(C)C(CC=C(C)C1CC=C(C)C)C2=O. The second kappa shape index (κ2) is 8.10. The van der Waals surface area contributed by atoms with Gasteiger partial charge >= 0.3 is 0 Å². The molecule has 0 saturated heterocycles. The van der Waals surface area contributed by atoms with Crippen LogP contribution in [-0.2, 0) is 0 Å². The molecule has 1 aromatic carbocycles. The molecule has 1 aromatic rings. The largest absolute Gasteiger partial charge is 0.869 e. The fourth-order valence-corrected chi connectivity index (χ4v) is 5.43. The molecule has 0 spiro atoms. The van der Waals surface area contributed by atoms with E-state index in [1.165, 1.54) is 7.11 Å². The number of hydrogen-bond donors (Lipinski definition) is 0. The van der Waals surface area contributed by atoms with Gasteiger partial charge in [-0.25, -0.2) is 0 Å². The maximum Gasteiger partial charge on any atom is 0.171 e. The predicted octanol–water partition coefficient (Wildman–Crippen LogP) is 5.03. The number of methoxy groups -OCH3 is 1. The minimum Gasteiger partial charge on any atom is -0.869 e. The molecule has 3 unspecified atom stereocenters. The molecule has 0 radical (unpaired) electrons. The molecule has 0 heterocycles. The minimum atomic E-state index is -0.950. The van der Waals surface area contributed by atoms with Crippen molar-refractivity contribution < 1.29 is 24.2 Å². The standard InChI is InChI=1S/C26H32O5/c1-13(2)8-10-17-15(5)9-11-18-23(29)20-16(12-27)22(28)24(31-7)19(14(3)4)21(20)25(30)26(17,18)6/h8-9,12,14,17-18,28H,10-11H2,1-7H3/p-1. The molecule has 2 aliphatic rings. The Labute approximate surface area is 184 Å². The summed E-state index contributed by atoms with van der Waals surface area (Å²) in [4.78, 5) is 39.9. The molecule has 0 fully saturated rings. The average molecular weight is 424 g/mol. The van der Waals surface area contributed by atoms with Crippen LogP contribution in [0.15, 0.2) is 23.3 Å². The third-order valence-corrected chi connectivity index (χ3v) is 7.10. The lowest BCUT2D eigenvalue weighted by atomic mass is 9.52. The first-order chi connectivity index (χ1) is 14.5. The maximum absolute atomic E-state index is 14.2. The van der Waals surface area contributed by atoms with Crippen molar-refractivity contribution in [2.75, 3.05) is 7.11 Å². The summed E-state index contributed by atoms with van der Waals surface area (Å²) in [5.74, 6) is -2.05. The summed E-state index contributed by atoms with van der Waals surface area (Å²) < 4.78 is 5.37. The molecule has 5 heteroatoms. The number of rotatable bonds is 5. The molecule has 5 nitrogen and oxygen atoms in total. The molecular formula is C26H31O5-. The summed E-state index contributed by atoms with van der Waals surface area (Å²) in [7, 11) is 1.36. The van der Waals surface area contributed by atoms with Crippen LogP contribution < -0.4 is 9.84 Å². The van der Waals surface area contributed by atoms with Gasteiger partial charge in [0.1, 0.15) is 12.0 Å². The third-order valence-electron chi connectivity index (χ3n) is 7.10. The Balaban J connectivity index is 2.39. The quantitative estimate of drug-likeness (QED) is 0.490. The number of ether oxygens (including phenoxy) is 1. The molecule has 2 aliphatic carbocycles. The Kier molecular flexibility index (Phi) is 6.01. The molecule has 166 valence electrons. The number of carbonyl (C=O) groups is 3. The number of carbonyl (C=O) groups excluding carboxylic acids is 3. The number of hydrogen-bond acceptors (Lipinski definition) is 5. The monoisotopic (exact) mass is 423 g/mol. The van der Waals surface area contributed by atoms with Gasteiger partial charge in [-0.15, -0.1) is 0 Å². The number of benzene rings is 1. The van der Waals surface area contributed by atoms with E-state index in [0.717, 1.165) is 11.1 Å². The van der Waals surface area contributed by atoms with Crippen LogP contribution in [-0.4, -0.2) is 25.0 Å². The maximum atomic E-state index is 14.2. The molecule has 3 atom stereocenters. The second-order valence-corrected chi connectivity index (χ2v) is 9.49. The fraction of sp³-hybridized carbons (Fsp3) is 0.500. The number of ketones is 2. The Hall–Kier alpha value is -2.69. The van der Waals surface area contributed by atoms with Gasteiger partial charge in [-0.2, -0.15) is 0 Å². The summed E-state index contributed by atoms with van der Waals surface area (Å²) in [6, 6.07) is 0. The molecule has 0 N–H and O–H groups in total. The van der Waals surface area contributed by atoms with E-state index in [1.807, 2.05) is 47.6 Å². The molecule has 0 aromatic heterocycles. The van der Waals surface area contributed by atoms with Crippen molar-refractivity contribution in [2.45, 2.75) is 60.3 Å². The lowest BCUT2D eigenvalue weighted by Crippen LogP contribution is -2.52. The van der Waals surface area contributed by atoms with Crippen LogP contribution in [0.5, 0.6) is 11.5 Å². The highest BCUT2D eigenvalue weighted by molar-refractivity contribution is 6.22. The van der Waals surface area contributed by atoms with E-state index >= 15 is 0 Å². The van der Waals surface area contributed by atoms with Gasteiger partial charge in [0.15, 0.2) is 11.6 Å². The summed E-state index contributed by atoms with van der Waals surface area (Å²) in [6.07, 6.45) is 5.60. The Morgan fingerprint density at radius 1 is 1.29 bits per heavy atom. The van der Waals surface area contributed by atoms with Crippen LogP contribution >= 0.6 is 0 Å². The zero-order valence-electron chi connectivity index (χ0n) is 19.4. The molecule has 0 aliphatic heterocycles. The second-order valence-electron chi connectivity index (χ2n) is 9.49. The number of allylic oxidation sites excluding steroid dienone is 4. The summed E-state index contributed by atoms with van der Waals surface area (Å²) in [6.45, 7) is 11.6. The van der Waals surface area contributed by atoms with Crippen molar-refractivity contribution in [1.82, 2.24) is 0 Å². The van der Waals surface area contributed by atoms with Crippen LogP contribution in [0.4, 0.5) is 0 Å². The third kappa shape index (κ3) is 3.26. The van der Waals surface area contributed by atoms with E-state index in [0.29, 0.717) is 24.7 Å². The fourth-order valence-electron chi connectivity index (χ4n) is 5.43. The van der Waals surface area contributed by atoms with Crippen LogP contribution in [0.25, 0.3) is 0 Å². The van der Waals surface area contributed by atoms with Gasteiger partial charge in [-0.3, -0.25) is 14.4 Å². The predicted molar refractivity (Wildman–Crippen MR) is 118 cm³/mol. The van der Waals surface area contributed by atoms with Crippen LogP contribution in [0.2, 0.25) is 0 Å². The van der Waals surface area contributed by atoms with Gasteiger partial charge in [0.25, 0.3) is 0 Å². The van der Waals surface area contributed by atoms with Crippen molar-refractivity contribution >= 4 is 17.9 Å². The molecule has 0 saturated carbocycles. The summed E-state index contributed by atoms with van der Waals surface area (Å²) in [5.41, 5.74) is 1.66. The molecule has 0 bridgehead atoms. The lowest BCUT2D eigenvalue weighted by Gasteiger charge is -2.49. The van der Waals surface area contributed by atoms with Gasteiger partial charge in [-0.05, 0) is 45.4 Å². The summed E-state index contributed by atoms with van der Waals surface area (Å²) in [5, 5.41) is 13.0. The van der Waals surface area contributed by atoms with Gasteiger partial charge < -0.3 is 9.84 Å². The van der Waals surface area contributed by atoms with E-state index in [9.17, 15) is 19.5 Å². The smallest absolute Gasteiger partial charge is 0.171 e. The van der Waals surface area contributed by atoms with Gasteiger partial charge in [0.05, 0.1) is 7.11 Å². The highest BCUT2D eigenvalue weighted by Gasteiger charge is 2.57. The van der Waals surface area contributed by atoms with E-state index in [4.69, 9.17) is 4.74 Å². The van der Waals surface area contributed by atoms with E-state index in [2.05, 4.69) is 6.08 Å². The first kappa shape index (κ1) is 23.0.